The van der Waals surface area contributed by atoms with Gasteiger partial charge in [-0.3, -0.25) is 14.8 Å². The average molecular weight is 318 g/mol. The van der Waals surface area contributed by atoms with Gasteiger partial charge in [-0.1, -0.05) is 41.6 Å². The highest BCUT2D eigenvalue weighted by molar-refractivity contribution is 8.01. The third-order valence-electron chi connectivity index (χ3n) is 2.26. The maximum Gasteiger partial charge on any atom is 0.277 e. The summed E-state index contributed by atoms with van der Waals surface area (Å²) in [5.74, 6) is 0.576. The van der Waals surface area contributed by atoms with Gasteiger partial charge >= 0.3 is 0 Å². The number of carbonyl (C=O) groups excluding carboxylic acids is 1. The lowest BCUT2D eigenvalue weighted by Crippen LogP contribution is -2.16. The number of halogens is 1. The van der Waals surface area contributed by atoms with E-state index in [0.717, 1.165) is 10.1 Å². The molecule has 0 aromatic carbocycles. The van der Waals surface area contributed by atoms with Crippen molar-refractivity contribution in [2.75, 3.05) is 11.1 Å². The number of nitrogens with one attached hydrogen (secondary N) is 1. The van der Waals surface area contributed by atoms with Crippen molar-refractivity contribution in [2.45, 2.75) is 18.2 Å². The van der Waals surface area contributed by atoms with Crippen molar-refractivity contribution < 1.29 is 4.79 Å². The van der Waals surface area contributed by atoms with Gasteiger partial charge in [-0.15, -0.1) is 10.2 Å². The van der Waals surface area contributed by atoms with Crippen LogP contribution in [0.3, 0.4) is 0 Å². The van der Waals surface area contributed by atoms with Gasteiger partial charge in [0.1, 0.15) is 5.69 Å². The highest BCUT2D eigenvalue weighted by Gasteiger charge is 2.20. The van der Waals surface area contributed by atoms with Gasteiger partial charge in [0.05, 0.1) is 10.7 Å². The SMILES string of the molecule is CCSc1nnc(NC(=O)c2c(Cl)c(C)nn2C)s1. The molecule has 0 atom stereocenters. The first-order valence-electron chi connectivity index (χ1n) is 5.49. The molecule has 0 saturated heterocycles. The lowest BCUT2D eigenvalue weighted by molar-refractivity contribution is 0.101. The Balaban J connectivity index is 2.16. The zero-order valence-electron chi connectivity index (χ0n) is 10.6. The largest absolute Gasteiger partial charge is 0.295 e. The first kappa shape index (κ1) is 14.3. The Morgan fingerprint density at radius 1 is 1.53 bits per heavy atom. The number of aromatic nitrogens is 4. The summed E-state index contributed by atoms with van der Waals surface area (Å²) >= 11 is 8.96. The molecule has 2 aromatic heterocycles. The van der Waals surface area contributed by atoms with Crippen molar-refractivity contribution in [3.05, 3.63) is 16.4 Å². The van der Waals surface area contributed by atoms with Gasteiger partial charge in [0.2, 0.25) is 5.13 Å². The Bertz CT molecular complexity index is 609. The minimum absolute atomic E-state index is 0.319. The number of hydrogen-bond donors (Lipinski definition) is 1. The van der Waals surface area contributed by atoms with Crippen LogP contribution in [0, 0.1) is 6.92 Å². The predicted molar refractivity (Wildman–Crippen MR) is 77.2 cm³/mol. The predicted octanol–water partition coefficient (Wildman–Crippen LogP) is 2.60. The molecule has 9 heteroatoms. The molecule has 102 valence electrons. The molecule has 0 aliphatic carbocycles. The molecule has 6 nitrogen and oxygen atoms in total. The van der Waals surface area contributed by atoms with E-state index >= 15 is 0 Å². The molecule has 0 unspecified atom stereocenters. The number of hydrogen-bond acceptors (Lipinski definition) is 6. The zero-order valence-corrected chi connectivity index (χ0v) is 13.0. The molecule has 0 spiro atoms. The van der Waals surface area contributed by atoms with Crippen LogP contribution in [0.4, 0.5) is 5.13 Å². The van der Waals surface area contributed by atoms with Crippen molar-refractivity contribution in [3.63, 3.8) is 0 Å². The summed E-state index contributed by atoms with van der Waals surface area (Å²) in [7, 11) is 1.67. The fourth-order valence-electron chi connectivity index (χ4n) is 1.48. The fraction of sp³-hybridized carbons (Fsp3) is 0.400. The average Bonchev–Trinajstić information content (AvgIpc) is 2.86. The van der Waals surface area contributed by atoms with Gasteiger partial charge in [0.25, 0.3) is 5.91 Å². The first-order chi connectivity index (χ1) is 9.02. The smallest absolute Gasteiger partial charge is 0.277 e. The molecule has 0 bridgehead atoms. The van der Waals surface area contributed by atoms with Crippen LogP contribution in [0.5, 0.6) is 0 Å². The number of amides is 1. The van der Waals surface area contributed by atoms with Crippen LogP contribution in [0.15, 0.2) is 4.34 Å². The molecule has 0 radical (unpaired) electrons. The van der Waals surface area contributed by atoms with E-state index in [-0.39, 0.29) is 5.91 Å². The Hall–Kier alpha value is -1.12. The summed E-state index contributed by atoms with van der Waals surface area (Å²) in [4.78, 5) is 12.1. The summed E-state index contributed by atoms with van der Waals surface area (Å²) in [6.45, 7) is 3.78. The Morgan fingerprint density at radius 3 is 2.84 bits per heavy atom. The number of anilines is 1. The zero-order chi connectivity index (χ0) is 14.0. The topological polar surface area (TPSA) is 72.7 Å². The number of thioether (sulfide) groups is 1. The number of aryl methyl sites for hydroxylation is 2. The maximum atomic E-state index is 12.1. The van der Waals surface area contributed by atoms with Gasteiger partial charge in [-0.25, -0.2) is 0 Å². The van der Waals surface area contributed by atoms with E-state index in [1.54, 1.807) is 25.7 Å². The summed E-state index contributed by atoms with van der Waals surface area (Å²) in [6.07, 6.45) is 0. The van der Waals surface area contributed by atoms with E-state index in [2.05, 4.69) is 20.6 Å². The van der Waals surface area contributed by atoms with Gasteiger partial charge in [-0.05, 0) is 12.7 Å². The highest BCUT2D eigenvalue weighted by Crippen LogP contribution is 2.26. The molecule has 0 aliphatic rings. The molecule has 2 heterocycles. The fourth-order valence-corrected chi connectivity index (χ4v) is 3.37. The van der Waals surface area contributed by atoms with Crippen molar-refractivity contribution in [1.29, 1.82) is 0 Å². The molecule has 0 fully saturated rings. The summed E-state index contributed by atoms with van der Waals surface area (Å²) in [5.41, 5.74) is 0.938. The summed E-state index contributed by atoms with van der Waals surface area (Å²) in [6, 6.07) is 0. The summed E-state index contributed by atoms with van der Waals surface area (Å²) < 4.78 is 2.28. The minimum atomic E-state index is -0.336. The van der Waals surface area contributed by atoms with E-state index in [1.165, 1.54) is 16.0 Å². The molecular weight excluding hydrogens is 306 g/mol. The minimum Gasteiger partial charge on any atom is -0.295 e. The Kier molecular flexibility index (Phi) is 4.43. The Labute approximate surface area is 123 Å². The quantitative estimate of drug-likeness (QED) is 0.693. The maximum absolute atomic E-state index is 12.1. The standard InChI is InChI=1S/C10H12ClN5OS2/c1-4-18-10-14-13-9(19-10)12-8(17)7-6(11)5(2)15-16(7)3/h4H2,1-3H3,(H,12,13,17). The number of nitrogens with zero attached hydrogens (tertiary/aromatic N) is 4. The Morgan fingerprint density at radius 2 is 2.26 bits per heavy atom. The molecular formula is C10H12ClN5OS2. The second kappa shape index (κ2) is 5.89. The molecule has 1 N–H and O–H groups in total. The second-order valence-electron chi connectivity index (χ2n) is 3.63. The van der Waals surface area contributed by atoms with Crippen molar-refractivity contribution in [2.24, 2.45) is 7.05 Å². The third kappa shape index (κ3) is 3.07. The van der Waals surface area contributed by atoms with Crippen LogP contribution in [0.1, 0.15) is 23.1 Å². The molecule has 1 amide bonds. The monoisotopic (exact) mass is 317 g/mol. The van der Waals surface area contributed by atoms with Gasteiger partial charge in [0, 0.05) is 7.05 Å². The van der Waals surface area contributed by atoms with E-state index in [9.17, 15) is 4.79 Å². The molecule has 0 saturated carbocycles. The molecule has 2 rings (SSSR count). The van der Waals surface area contributed by atoms with E-state index in [1.807, 2.05) is 6.92 Å². The van der Waals surface area contributed by atoms with Gasteiger partial charge in [0.15, 0.2) is 4.34 Å². The summed E-state index contributed by atoms with van der Waals surface area (Å²) in [5, 5.41) is 15.5. The van der Waals surface area contributed by atoms with Crippen LogP contribution >= 0.6 is 34.7 Å². The van der Waals surface area contributed by atoms with Crippen molar-refractivity contribution in [1.82, 2.24) is 20.0 Å². The molecule has 2 aromatic rings. The number of carbonyl (C=O) groups is 1. The highest BCUT2D eigenvalue weighted by atomic mass is 35.5. The van der Waals surface area contributed by atoms with E-state index in [4.69, 9.17) is 11.6 Å². The normalized spacial score (nSPS) is 10.7. The number of rotatable bonds is 4. The van der Waals surface area contributed by atoms with Crippen LogP contribution in [0.25, 0.3) is 0 Å². The van der Waals surface area contributed by atoms with Crippen LogP contribution < -0.4 is 5.32 Å². The van der Waals surface area contributed by atoms with E-state index in [0.29, 0.717) is 21.5 Å². The first-order valence-corrected chi connectivity index (χ1v) is 7.67. The van der Waals surface area contributed by atoms with Gasteiger partial charge in [-0.2, -0.15) is 5.10 Å². The molecule has 0 aliphatic heterocycles. The van der Waals surface area contributed by atoms with E-state index < -0.39 is 0 Å². The lowest BCUT2D eigenvalue weighted by atomic mass is 10.3. The van der Waals surface area contributed by atoms with Crippen molar-refractivity contribution in [3.8, 4) is 0 Å². The van der Waals surface area contributed by atoms with Crippen molar-refractivity contribution >= 4 is 45.7 Å². The lowest BCUT2D eigenvalue weighted by Gasteiger charge is -2.01. The van der Waals surface area contributed by atoms with Crippen LogP contribution in [-0.2, 0) is 7.05 Å². The second-order valence-corrected chi connectivity index (χ2v) is 6.50. The van der Waals surface area contributed by atoms with Crippen LogP contribution in [-0.4, -0.2) is 31.6 Å². The van der Waals surface area contributed by atoms with Crippen LogP contribution in [0.2, 0.25) is 5.02 Å². The van der Waals surface area contributed by atoms with Gasteiger partial charge < -0.3 is 0 Å². The third-order valence-corrected chi connectivity index (χ3v) is 4.57. The molecule has 19 heavy (non-hydrogen) atoms.